The lowest BCUT2D eigenvalue weighted by Crippen LogP contribution is -2.74. The van der Waals surface area contributed by atoms with Crippen molar-refractivity contribution in [3.63, 3.8) is 0 Å². The SMILES string of the molecule is CN1C(=O)N(C)C(=O)C2(Cc3c(Cl)cccc3N3CCN(c4ccccc4)C[C@@H]32)C1=O. The van der Waals surface area contributed by atoms with E-state index in [9.17, 15) is 14.4 Å². The van der Waals surface area contributed by atoms with Gasteiger partial charge in [0.05, 0.1) is 6.04 Å². The minimum atomic E-state index is -1.41. The number of piperazine rings is 1. The van der Waals surface area contributed by atoms with Gasteiger partial charge in [0.1, 0.15) is 0 Å². The van der Waals surface area contributed by atoms with Crippen LogP contribution in [0.5, 0.6) is 0 Å². The molecule has 0 unspecified atom stereocenters. The summed E-state index contributed by atoms with van der Waals surface area (Å²) in [6.07, 6.45) is 0.172. The summed E-state index contributed by atoms with van der Waals surface area (Å²) in [5.41, 5.74) is 1.37. The van der Waals surface area contributed by atoms with Crippen molar-refractivity contribution in [1.82, 2.24) is 9.80 Å². The van der Waals surface area contributed by atoms with Crippen LogP contribution in [0.3, 0.4) is 0 Å². The van der Waals surface area contributed by atoms with Crippen molar-refractivity contribution in [3.8, 4) is 0 Å². The highest BCUT2D eigenvalue weighted by molar-refractivity contribution is 6.32. The van der Waals surface area contributed by atoms with Gasteiger partial charge < -0.3 is 9.80 Å². The lowest BCUT2D eigenvalue weighted by atomic mass is 9.67. The molecule has 2 saturated heterocycles. The zero-order chi connectivity index (χ0) is 21.9. The molecule has 2 aromatic rings. The summed E-state index contributed by atoms with van der Waals surface area (Å²) in [5, 5.41) is 0.531. The molecule has 8 heteroatoms. The monoisotopic (exact) mass is 438 g/mol. The highest BCUT2D eigenvalue weighted by Crippen LogP contribution is 2.48. The average Bonchev–Trinajstić information content (AvgIpc) is 2.81. The van der Waals surface area contributed by atoms with Crippen LogP contribution in [0.15, 0.2) is 48.5 Å². The smallest absolute Gasteiger partial charge is 0.332 e. The topological polar surface area (TPSA) is 64.2 Å². The third kappa shape index (κ3) is 2.69. The van der Waals surface area contributed by atoms with Gasteiger partial charge in [-0.1, -0.05) is 35.9 Å². The molecule has 0 aromatic heterocycles. The molecule has 4 amide bonds. The number of hydrogen-bond acceptors (Lipinski definition) is 5. The number of fused-ring (bicyclic) bond motifs is 4. The molecular weight excluding hydrogens is 416 g/mol. The molecule has 0 N–H and O–H groups in total. The summed E-state index contributed by atoms with van der Waals surface area (Å²) in [6.45, 7) is 1.87. The van der Waals surface area contributed by atoms with Crippen LogP contribution in [0.4, 0.5) is 16.2 Å². The number of urea groups is 1. The van der Waals surface area contributed by atoms with Gasteiger partial charge in [0.2, 0.25) is 11.8 Å². The van der Waals surface area contributed by atoms with E-state index in [1.807, 2.05) is 42.5 Å². The van der Waals surface area contributed by atoms with Crippen LogP contribution in [0, 0.1) is 5.41 Å². The van der Waals surface area contributed by atoms with Crippen LogP contribution in [0.25, 0.3) is 0 Å². The third-order valence-electron chi connectivity index (χ3n) is 6.88. The quantitative estimate of drug-likeness (QED) is 0.640. The second-order valence-electron chi connectivity index (χ2n) is 8.39. The molecular formula is C23H23ClN4O3. The number of anilines is 2. The second-order valence-corrected chi connectivity index (χ2v) is 8.79. The van der Waals surface area contributed by atoms with E-state index in [1.165, 1.54) is 14.1 Å². The van der Waals surface area contributed by atoms with Gasteiger partial charge in [0.25, 0.3) is 0 Å². The number of rotatable bonds is 1. The van der Waals surface area contributed by atoms with Crippen LogP contribution >= 0.6 is 11.6 Å². The number of imide groups is 2. The van der Waals surface area contributed by atoms with Crippen molar-refractivity contribution in [2.24, 2.45) is 5.41 Å². The highest BCUT2D eigenvalue weighted by Gasteiger charge is 2.64. The first-order chi connectivity index (χ1) is 14.9. The van der Waals surface area contributed by atoms with E-state index in [0.29, 0.717) is 18.1 Å². The third-order valence-corrected chi connectivity index (χ3v) is 7.23. The Hall–Kier alpha value is -3.06. The molecule has 2 aromatic carbocycles. The largest absolute Gasteiger partial charge is 0.368 e. The molecule has 1 spiro atoms. The van der Waals surface area contributed by atoms with Gasteiger partial charge in [-0.25, -0.2) is 4.79 Å². The maximum Gasteiger partial charge on any atom is 0.332 e. The Morgan fingerprint density at radius 3 is 2.26 bits per heavy atom. The summed E-state index contributed by atoms with van der Waals surface area (Å²) >= 11 is 6.54. The molecule has 1 atom stereocenters. The fraction of sp³-hybridized carbons (Fsp3) is 0.348. The first kappa shape index (κ1) is 19.9. The van der Waals surface area contributed by atoms with Gasteiger partial charge in [-0.05, 0) is 29.8 Å². The summed E-state index contributed by atoms with van der Waals surface area (Å²) in [4.78, 5) is 46.3. The Morgan fingerprint density at radius 2 is 1.58 bits per heavy atom. The summed E-state index contributed by atoms with van der Waals surface area (Å²) < 4.78 is 0. The Labute approximate surface area is 185 Å². The Balaban J connectivity index is 1.67. The van der Waals surface area contributed by atoms with Crippen molar-refractivity contribution in [1.29, 1.82) is 0 Å². The molecule has 0 bridgehead atoms. The fourth-order valence-corrected chi connectivity index (χ4v) is 5.52. The van der Waals surface area contributed by atoms with E-state index in [4.69, 9.17) is 11.6 Å². The minimum absolute atomic E-state index is 0.172. The molecule has 0 saturated carbocycles. The predicted molar refractivity (Wildman–Crippen MR) is 118 cm³/mol. The number of amides is 4. The van der Waals surface area contributed by atoms with Crippen molar-refractivity contribution in [2.45, 2.75) is 12.5 Å². The Kier molecular flexibility index (Phi) is 4.48. The van der Waals surface area contributed by atoms with E-state index in [2.05, 4.69) is 9.80 Å². The van der Waals surface area contributed by atoms with E-state index in [-0.39, 0.29) is 6.42 Å². The molecule has 5 rings (SSSR count). The Morgan fingerprint density at radius 1 is 0.903 bits per heavy atom. The molecule has 7 nitrogen and oxygen atoms in total. The summed E-state index contributed by atoms with van der Waals surface area (Å²) in [5.74, 6) is -0.924. The van der Waals surface area contributed by atoms with E-state index in [0.717, 1.165) is 33.3 Å². The first-order valence-electron chi connectivity index (χ1n) is 10.3. The molecule has 2 fully saturated rings. The van der Waals surface area contributed by atoms with Gasteiger partial charge in [-0.3, -0.25) is 19.4 Å². The van der Waals surface area contributed by atoms with Crippen molar-refractivity contribution < 1.29 is 14.4 Å². The molecule has 0 radical (unpaired) electrons. The molecule has 0 aliphatic carbocycles. The van der Waals surface area contributed by atoms with Crippen molar-refractivity contribution in [2.75, 3.05) is 43.5 Å². The van der Waals surface area contributed by atoms with Crippen molar-refractivity contribution in [3.05, 3.63) is 59.1 Å². The van der Waals surface area contributed by atoms with Crippen LogP contribution in [-0.2, 0) is 16.0 Å². The highest BCUT2D eigenvalue weighted by atomic mass is 35.5. The number of benzene rings is 2. The number of carbonyl (C=O) groups excluding carboxylic acids is 3. The van der Waals surface area contributed by atoms with Crippen LogP contribution in [0.2, 0.25) is 5.02 Å². The van der Waals surface area contributed by atoms with Gasteiger partial charge >= 0.3 is 6.03 Å². The van der Waals surface area contributed by atoms with E-state index in [1.54, 1.807) is 6.07 Å². The Bertz CT molecular complexity index is 1070. The normalized spacial score (nSPS) is 22.7. The van der Waals surface area contributed by atoms with Crippen LogP contribution in [-0.4, -0.2) is 67.4 Å². The fourth-order valence-electron chi connectivity index (χ4n) is 5.28. The van der Waals surface area contributed by atoms with Gasteiger partial charge in [-0.2, -0.15) is 0 Å². The first-order valence-corrected chi connectivity index (χ1v) is 10.7. The van der Waals surface area contributed by atoms with Crippen LogP contribution in [0.1, 0.15) is 5.56 Å². The average molecular weight is 439 g/mol. The number of barbiturate groups is 1. The van der Waals surface area contributed by atoms with Crippen molar-refractivity contribution >= 4 is 40.8 Å². The van der Waals surface area contributed by atoms with Crippen LogP contribution < -0.4 is 9.80 Å². The van der Waals surface area contributed by atoms with E-state index >= 15 is 0 Å². The molecule has 31 heavy (non-hydrogen) atoms. The number of carbonyl (C=O) groups is 3. The molecule has 3 aliphatic heterocycles. The molecule has 3 heterocycles. The summed E-state index contributed by atoms with van der Waals surface area (Å²) in [7, 11) is 2.89. The predicted octanol–water partition coefficient (Wildman–Crippen LogP) is 2.63. The summed E-state index contributed by atoms with van der Waals surface area (Å²) in [6, 6.07) is 14.6. The van der Waals surface area contributed by atoms with Gasteiger partial charge in [0, 0.05) is 56.5 Å². The maximum atomic E-state index is 13.7. The van der Waals surface area contributed by atoms with E-state index < -0.39 is 29.3 Å². The number of nitrogens with zero attached hydrogens (tertiary/aromatic N) is 4. The number of hydrogen-bond donors (Lipinski definition) is 0. The standard InChI is InChI=1S/C23H23ClN4O3/c1-25-20(29)23(21(30)26(2)22(25)31)13-16-17(24)9-6-10-18(16)28-12-11-27(14-19(23)28)15-7-4-3-5-8-15/h3-10,19H,11-14H2,1-2H3/t19-/m1/s1. The zero-order valence-electron chi connectivity index (χ0n) is 17.4. The van der Waals surface area contributed by atoms with Gasteiger partial charge in [-0.15, -0.1) is 0 Å². The molecule has 3 aliphatic rings. The number of halogens is 1. The second kappa shape index (κ2) is 6.99. The molecule has 160 valence electrons. The minimum Gasteiger partial charge on any atom is -0.368 e. The lowest BCUT2D eigenvalue weighted by Gasteiger charge is -2.56. The lowest BCUT2D eigenvalue weighted by molar-refractivity contribution is -0.159. The zero-order valence-corrected chi connectivity index (χ0v) is 18.2. The maximum absolute atomic E-state index is 13.7. The van der Waals surface area contributed by atoms with Gasteiger partial charge in [0.15, 0.2) is 5.41 Å². The number of para-hydroxylation sites is 1.